The van der Waals surface area contributed by atoms with Crippen molar-refractivity contribution >= 4 is 51.1 Å². The molecule has 0 aliphatic carbocycles. The normalized spacial score (nSPS) is 20.8. The van der Waals surface area contributed by atoms with Crippen molar-refractivity contribution in [2.24, 2.45) is 5.92 Å². The molecule has 0 radical (unpaired) electrons. The third-order valence-electron chi connectivity index (χ3n) is 10.2. The van der Waals surface area contributed by atoms with Crippen LogP contribution < -0.4 is 9.64 Å². The van der Waals surface area contributed by atoms with Crippen LogP contribution in [0.25, 0.3) is 39.0 Å². The number of anilines is 1. The van der Waals surface area contributed by atoms with E-state index in [9.17, 15) is 18.0 Å². The van der Waals surface area contributed by atoms with Crippen molar-refractivity contribution in [3.05, 3.63) is 71.2 Å². The lowest BCUT2D eigenvalue weighted by atomic mass is 9.95. The number of pyridine rings is 1. The summed E-state index contributed by atoms with van der Waals surface area (Å²) >= 11 is 6.59. The Morgan fingerprint density at radius 1 is 1.17 bits per heavy atom. The molecule has 2 aromatic carbocycles. The van der Waals surface area contributed by atoms with E-state index < -0.39 is 29.8 Å². The summed E-state index contributed by atoms with van der Waals surface area (Å²) in [6, 6.07) is 10.9. The number of amides is 1. The monoisotopic (exact) mass is 736 g/mol. The first kappa shape index (κ1) is 34.2. The number of hydrogen-bond donors (Lipinski definition) is 0. The quantitative estimate of drug-likeness (QED) is 0.116. The number of carbonyl (C=O) groups is 1. The molecule has 8 rings (SSSR count). The fourth-order valence-electron chi connectivity index (χ4n) is 7.70. The number of fused-ring (bicyclic) bond motifs is 3. The van der Waals surface area contributed by atoms with Crippen LogP contribution in [0.4, 0.5) is 23.4 Å². The van der Waals surface area contributed by atoms with Gasteiger partial charge in [0.05, 0.1) is 10.9 Å². The number of hydrogen-bond acceptors (Lipinski definition) is 10. The van der Waals surface area contributed by atoms with Crippen LogP contribution >= 0.6 is 11.6 Å². The number of nitrogens with zero attached hydrogens (tertiary/aromatic N) is 8. The second-order valence-corrected chi connectivity index (χ2v) is 14.0. The molecule has 6 heterocycles. The topological polar surface area (TPSA) is 114 Å². The van der Waals surface area contributed by atoms with E-state index in [0.29, 0.717) is 59.8 Å². The maximum absolute atomic E-state index is 16.7. The van der Waals surface area contributed by atoms with E-state index in [4.69, 9.17) is 25.8 Å². The molecule has 270 valence electrons. The van der Waals surface area contributed by atoms with Crippen molar-refractivity contribution in [1.29, 1.82) is 0 Å². The zero-order valence-corrected chi connectivity index (χ0v) is 28.7. The van der Waals surface area contributed by atoms with Gasteiger partial charge in [-0.15, -0.1) is 0 Å². The van der Waals surface area contributed by atoms with E-state index in [1.54, 1.807) is 23.2 Å². The Bertz CT molecular complexity index is 2190. The molecule has 52 heavy (non-hydrogen) atoms. The fourth-order valence-corrected chi connectivity index (χ4v) is 7.98. The molecule has 3 fully saturated rings. The van der Waals surface area contributed by atoms with Gasteiger partial charge in [0.1, 0.15) is 29.8 Å². The Balaban J connectivity index is 1.07. The summed E-state index contributed by atoms with van der Waals surface area (Å²) in [4.78, 5) is 35.6. The highest BCUT2D eigenvalue weighted by atomic mass is 35.5. The van der Waals surface area contributed by atoms with Crippen molar-refractivity contribution < 1.29 is 31.6 Å². The van der Waals surface area contributed by atoms with Crippen molar-refractivity contribution in [2.75, 3.05) is 51.3 Å². The molecule has 0 N–H and O–H groups in total. The predicted molar refractivity (Wildman–Crippen MR) is 185 cm³/mol. The van der Waals surface area contributed by atoms with Crippen LogP contribution in [0, 0.1) is 11.7 Å². The number of halogens is 5. The van der Waals surface area contributed by atoms with Gasteiger partial charge in [0.2, 0.25) is 11.7 Å². The highest BCUT2D eigenvalue weighted by molar-refractivity contribution is 6.36. The van der Waals surface area contributed by atoms with E-state index >= 15 is 4.39 Å². The lowest BCUT2D eigenvalue weighted by Gasteiger charge is -2.40. The van der Waals surface area contributed by atoms with Gasteiger partial charge in [-0.1, -0.05) is 47.1 Å². The maximum atomic E-state index is 16.7. The predicted octanol–water partition coefficient (Wildman–Crippen LogP) is 6.52. The molecule has 0 bridgehead atoms. The van der Waals surface area contributed by atoms with Crippen molar-refractivity contribution in [3.8, 4) is 17.3 Å². The van der Waals surface area contributed by atoms with Gasteiger partial charge in [-0.25, -0.2) is 17.6 Å². The van der Waals surface area contributed by atoms with E-state index in [-0.39, 0.29) is 41.5 Å². The van der Waals surface area contributed by atoms with Gasteiger partial charge >= 0.3 is 12.4 Å². The van der Waals surface area contributed by atoms with Crippen LogP contribution in [-0.4, -0.2) is 98.9 Å². The minimum atomic E-state index is -2.88. The third kappa shape index (κ3) is 6.29. The summed E-state index contributed by atoms with van der Waals surface area (Å²) in [5, 5.41) is 5.50. The summed E-state index contributed by atoms with van der Waals surface area (Å²) in [5.41, 5.74) is 0.147. The molecule has 3 saturated heterocycles. The van der Waals surface area contributed by atoms with Crippen LogP contribution in [0.15, 0.2) is 53.2 Å². The summed E-state index contributed by atoms with van der Waals surface area (Å²) in [6.45, 7) is 2.59. The summed E-state index contributed by atoms with van der Waals surface area (Å²) in [5.74, 6) is -1.52. The maximum Gasteiger partial charge on any atom is 0.319 e. The van der Waals surface area contributed by atoms with Crippen LogP contribution in [0.3, 0.4) is 0 Å². The van der Waals surface area contributed by atoms with E-state index in [0.717, 1.165) is 24.8 Å². The van der Waals surface area contributed by atoms with Gasteiger partial charge < -0.3 is 19.1 Å². The Morgan fingerprint density at radius 2 is 1.98 bits per heavy atom. The second-order valence-electron chi connectivity index (χ2n) is 13.6. The Hall–Kier alpha value is -4.89. The van der Waals surface area contributed by atoms with Crippen LogP contribution in [-0.2, 0) is 4.79 Å². The summed E-state index contributed by atoms with van der Waals surface area (Å²) in [7, 11) is 1.81. The van der Waals surface area contributed by atoms with Crippen molar-refractivity contribution in [3.63, 3.8) is 0 Å². The molecule has 3 aromatic heterocycles. The number of likely N-dealkylation sites (tertiary alicyclic amines) is 1. The van der Waals surface area contributed by atoms with Gasteiger partial charge in [0, 0.05) is 79.9 Å². The van der Waals surface area contributed by atoms with Crippen LogP contribution in [0.5, 0.6) is 6.01 Å². The Kier molecular flexibility index (Phi) is 8.94. The van der Waals surface area contributed by atoms with E-state index in [1.807, 2.05) is 36.2 Å². The lowest BCUT2D eigenvalue weighted by molar-refractivity contribution is -0.131. The first-order chi connectivity index (χ1) is 25.1. The second kappa shape index (κ2) is 13.6. The molecule has 3 aliphatic rings. The smallest absolute Gasteiger partial charge is 0.319 e. The first-order valence-electron chi connectivity index (χ1n) is 16.9. The highest BCUT2D eigenvalue weighted by Gasteiger charge is 2.49. The Labute approximate surface area is 300 Å². The Morgan fingerprint density at radius 3 is 2.77 bits per heavy atom. The zero-order valence-electron chi connectivity index (χ0n) is 28.0. The van der Waals surface area contributed by atoms with Gasteiger partial charge in [-0.2, -0.15) is 15.0 Å². The molecule has 0 saturated carbocycles. The summed E-state index contributed by atoms with van der Waals surface area (Å²) < 4.78 is 67.7. The molecular formula is C36H33ClF4N8O3. The number of carbonyl (C=O) groups excluding carboxylic acids is 1. The van der Waals surface area contributed by atoms with Crippen molar-refractivity contribution in [2.45, 2.75) is 37.4 Å². The molecule has 0 spiro atoms. The van der Waals surface area contributed by atoms with E-state index in [2.05, 4.69) is 25.0 Å². The lowest BCUT2D eigenvalue weighted by Crippen LogP contribution is -2.53. The van der Waals surface area contributed by atoms with Gasteiger partial charge in [0.15, 0.2) is 5.82 Å². The minimum Gasteiger partial charge on any atom is -0.461 e. The average Bonchev–Trinajstić information content (AvgIpc) is 3.82. The standard InChI is InChI=1S/C36H33ClF4N8O3/c1-47(15-20-16-48(17-20)27(50)10-9-26-43-33(32(40)41)46-52-26)34-24-14-42-30(23-7-2-5-21-6-3-8-25(37)28(21)23)29(39)31(24)44-35(45-34)51-19-36-11-4-12-49(36)18-22(38)13-36/h2-3,5-10,14,20,22,32H,4,11-13,15-19H2,1H3/b10-9+/t22-,36+/m1/s1. The molecular weight excluding hydrogens is 704 g/mol. The minimum absolute atomic E-state index is 0.0167. The van der Waals surface area contributed by atoms with E-state index in [1.165, 1.54) is 12.2 Å². The molecule has 11 nitrogen and oxygen atoms in total. The molecule has 2 atom stereocenters. The number of alkyl halides is 3. The molecule has 16 heteroatoms. The zero-order chi connectivity index (χ0) is 36.1. The SMILES string of the molecule is CN(CC1CN(C(=O)/C=C/c2nc(C(F)F)no2)C1)c1nc(OC[C@@]23CCCN2C[C@H](F)C3)nc2c(F)c(-c3cccc4cccc(Cl)c34)ncc12. The van der Waals surface area contributed by atoms with Gasteiger partial charge in [0.25, 0.3) is 5.89 Å². The third-order valence-corrected chi connectivity index (χ3v) is 10.5. The molecule has 5 aromatic rings. The average molecular weight is 737 g/mol. The number of rotatable bonds is 10. The number of ether oxygens (including phenoxy) is 1. The van der Waals surface area contributed by atoms with Gasteiger partial charge in [-0.3, -0.25) is 14.7 Å². The molecule has 0 unspecified atom stereocenters. The summed E-state index contributed by atoms with van der Waals surface area (Å²) in [6.07, 6.45) is 2.19. The largest absolute Gasteiger partial charge is 0.461 e. The molecule has 1 amide bonds. The first-order valence-corrected chi connectivity index (χ1v) is 17.3. The van der Waals surface area contributed by atoms with Crippen LogP contribution in [0.2, 0.25) is 5.02 Å². The molecule has 3 aliphatic heterocycles. The highest BCUT2D eigenvalue weighted by Crippen LogP contribution is 2.41. The van der Waals surface area contributed by atoms with Crippen molar-refractivity contribution in [1.82, 2.24) is 34.9 Å². The fraction of sp³-hybridized carbons (Fsp3) is 0.389. The number of aromatic nitrogens is 5. The number of benzene rings is 2. The van der Waals surface area contributed by atoms with Crippen LogP contribution in [0.1, 0.15) is 37.4 Å². The van der Waals surface area contributed by atoms with Gasteiger partial charge in [-0.05, 0) is 30.8 Å².